The maximum Gasteiger partial charge on any atom is 0.324 e. The van der Waals surface area contributed by atoms with E-state index in [1.807, 2.05) is 0 Å². The Labute approximate surface area is 132 Å². The van der Waals surface area contributed by atoms with Gasteiger partial charge in [0.2, 0.25) is 0 Å². The van der Waals surface area contributed by atoms with Gasteiger partial charge in [0.25, 0.3) is 11.1 Å². The van der Waals surface area contributed by atoms with Gasteiger partial charge in [-0.25, -0.2) is 0 Å². The molecule has 3 aromatic heterocycles. The van der Waals surface area contributed by atoms with Crippen molar-refractivity contribution in [2.75, 3.05) is 0 Å². The maximum atomic E-state index is 12.2. The number of thiophene rings is 1. The van der Waals surface area contributed by atoms with E-state index in [-0.39, 0.29) is 16.1 Å². The number of nitrogens with one attached hydrogen (secondary N) is 4. The molecule has 0 saturated carbocycles. The summed E-state index contributed by atoms with van der Waals surface area (Å²) in [6.07, 6.45) is 0. The van der Waals surface area contributed by atoms with Crippen LogP contribution in [-0.4, -0.2) is 25.3 Å². The van der Waals surface area contributed by atoms with E-state index in [4.69, 9.17) is 0 Å². The highest BCUT2D eigenvalue weighted by atomic mass is 32.1. The van der Waals surface area contributed by atoms with Crippen LogP contribution in [0, 0.1) is 24.0 Å². The number of nitrogens with zero attached hydrogens (tertiary/aromatic N) is 1. The van der Waals surface area contributed by atoms with Crippen LogP contribution in [0.1, 0.15) is 33.3 Å². The molecule has 3 heterocycles. The van der Waals surface area contributed by atoms with Gasteiger partial charge in [0.1, 0.15) is 0 Å². The third-order valence-electron chi connectivity index (χ3n) is 3.68. The summed E-state index contributed by atoms with van der Waals surface area (Å²) in [7, 11) is 0. The van der Waals surface area contributed by atoms with Crippen molar-refractivity contribution in [3.63, 3.8) is 0 Å². The Morgan fingerprint density at radius 1 is 1.00 bits per heavy atom. The molecule has 3 rings (SSSR count). The Balaban J connectivity index is 2.28. The normalized spacial score (nSPS) is 11.3. The molecule has 3 aromatic rings. The van der Waals surface area contributed by atoms with E-state index in [2.05, 4.69) is 20.4 Å². The van der Waals surface area contributed by atoms with Crippen LogP contribution in [0.5, 0.6) is 0 Å². The standard InChI is InChI=1S/C13H13N5O4S/c1-5-9(12(19)16-14-5)11(10-6(2)15-17-13(10)20)7-3-4-8(23-7)18(21)22/h3-4,11H,1-2H3,(H2,14,16,19)(H2,15,17,20). The molecular weight excluding hydrogens is 322 g/mol. The van der Waals surface area contributed by atoms with Crippen LogP contribution in [0.25, 0.3) is 0 Å². The molecule has 10 heteroatoms. The molecule has 0 fully saturated rings. The summed E-state index contributed by atoms with van der Waals surface area (Å²) in [6, 6.07) is 2.95. The highest BCUT2D eigenvalue weighted by Crippen LogP contribution is 2.37. The van der Waals surface area contributed by atoms with Crippen LogP contribution in [0.3, 0.4) is 0 Å². The Bertz CT molecular complexity index is 934. The first-order chi connectivity index (χ1) is 10.9. The monoisotopic (exact) mass is 335 g/mol. The summed E-state index contributed by atoms with van der Waals surface area (Å²) in [4.78, 5) is 35.4. The first-order valence-electron chi connectivity index (χ1n) is 6.68. The largest absolute Gasteiger partial charge is 0.324 e. The number of H-pyrrole nitrogens is 4. The Kier molecular flexibility index (Phi) is 3.52. The van der Waals surface area contributed by atoms with Gasteiger partial charge in [0, 0.05) is 22.3 Å². The summed E-state index contributed by atoms with van der Waals surface area (Å²) >= 11 is 0.948. The van der Waals surface area contributed by atoms with Crippen molar-refractivity contribution in [1.29, 1.82) is 0 Å². The summed E-state index contributed by atoms with van der Waals surface area (Å²) in [5.74, 6) is -0.682. The van der Waals surface area contributed by atoms with Crippen molar-refractivity contribution in [1.82, 2.24) is 20.4 Å². The van der Waals surface area contributed by atoms with E-state index in [1.165, 1.54) is 6.07 Å². The second-order valence-electron chi connectivity index (χ2n) is 5.10. The third kappa shape index (κ3) is 2.42. The number of aromatic nitrogens is 4. The third-order valence-corrected chi connectivity index (χ3v) is 4.78. The molecule has 0 atom stereocenters. The van der Waals surface area contributed by atoms with Crippen LogP contribution in [0.4, 0.5) is 5.00 Å². The Morgan fingerprint density at radius 3 is 1.87 bits per heavy atom. The van der Waals surface area contributed by atoms with E-state index in [0.717, 1.165) is 11.3 Å². The smallest absolute Gasteiger partial charge is 0.302 e. The van der Waals surface area contributed by atoms with E-state index in [1.54, 1.807) is 19.9 Å². The van der Waals surface area contributed by atoms with Crippen molar-refractivity contribution in [3.05, 3.63) is 70.3 Å². The van der Waals surface area contributed by atoms with Crippen LogP contribution in [0.15, 0.2) is 21.7 Å². The zero-order valence-corrected chi connectivity index (χ0v) is 13.0. The maximum absolute atomic E-state index is 12.2. The molecular formula is C13H13N5O4S. The van der Waals surface area contributed by atoms with Crippen LogP contribution >= 0.6 is 11.3 Å². The number of hydrogen-bond acceptors (Lipinski definition) is 5. The first-order valence-corrected chi connectivity index (χ1v) is 7.50. The van der Waals surface area contributed by atoms with E-state index < -0.39 is 10.8 Å². The van der Waals surface area contributed by atoms with Crippen molar-refractivity contribution in [2.24, 2.45) is 0 Å². The van der Waals surface area contributed by atoms with Crippen LogP contribution in [0.2, 0.25) is 0 Å². The number of rotatable bonds is 4. The number of nitro groups is 1. The van der Waals surface area contributed by atoms with Gasteiger partial charge in [0.05, 0.1) is 22.0 Å². The minimum absolute atomic E-state index is 0.0424. The van der Waals surface area contributed by atoms with Crippen molar-refractivity contribution >= 4 is 16.3 Å². The average molecular weight is 335 g/mol. The minimum Gasteiger partial charge on any atom is -0.302 e. The fraction of sp³-hybridized carbons (Fsp3) is 0.231. The number of hydrogen-bond donors (Lipinski definition) is 4. The lowest BCUT2D eigenvalue weighted by molar-refractivity contribution is -0.380. The molecule has 0 aromatic carbocycles. The summed E-state index contributed by atoms with van der Waals surface area (Å²) in [6.45, 7) is 3.41. The first kappa shape index (κ1) is 15.0. The van der Waals surface area contributed by atoms with E-state index in [9.17, 15) is 19.7 Å². The van der Waals surface area contributed by atoms with Crippen molar-refractivity contribution < 1.29 is 4.92 Å². The summed E-state index contributed by atoms with van der Waals surface area (Å²) in [5.41, 5.74) is 1.18. The fourth-order valence-corrected chi connectivity index (χ4v) is 3.57. The quantitative estimate of drug-likeness (QED) is 0.423. The molecule has 0 aliphatic carbocycles. The van der Waals surface area contributed by atoms with Gasteiger partial charge in [0.15, 0.2) is 0 Å². The molecule has 0 radical (unpaired) electrons. The van der Waals surface area contributed by atoms with Gasteiger partial charge in [-0.05, 0) is 19.9 Å². The Morgan fingerprint density at radius 2 is 1.52 bits per heavy atom. The lowest BCUT2D eigenvalue weighted by atomic mass is 9.90. The molecule has 0 unspecified atom stereocenters. The molecule has 23 heavy (non-hydrogen) atoms. The van der Waals surface area contributed by atoms with Gasteiger partial charge >= 0.3 is 5.00 Å². The molecule has 0 aliphatic heterocycles. The molecule has 9 nitrogen and oxygen atoms in total. The minimum atomic E-state index is -0.682. The summed E-state index contributed by atoms with van der Waals surface area (Å²) < 4.78 is 0. The molecule has 0 aliphatic rings. The highest BCUT2D eigenvalue weighted by molar-refractivity contribution is 7.15. The molecule has 0 saturated heterocycles. The molecule has 0 spiro atoms. The highest BCUT2D eigenvalue weighted by Gasteiger charge is 2.30. The Hall–Kier alpha value is -2.88. The van der Waals surface area contributed by atoms with Gasteiger partial charge in [-0.15, -0.1) is 0 Å². The SMILES string of the molecule is Cc1[nH][nH]c(=O)c1C(c1ccc([N+](=O)[O-])s1)c1c(C)[nH][nH]c1=O. The zero-order valence-electron chi connectivity index (χ0n) is 12.2. The van der Waals surface area contributed by atoms with E-state index >= 15 is 0 Å². The number of aryl methyl sites for hydroxylation is 2. The topological polar surface area (TPSA) is 140 Å². The lowest BCUT2D eigenvalue weighted by Crippen LogP contribution is -2.19. The van der Waals surface area contributed by atoms with E-state index in [0.29, 0.717) is 27.4 Å². The predicted molar refractivity (Wildman–Crippen MR) is 84.2 cm³/mol. The zero-order chi connectivity index (χ0) is 16.7. The molecule has 0 bridgehead atoms. The molecule has 0 amide bonds. The van der Waals surface area contributed by atoms with Gasteiger partial charge < -0.3 is 10.2 Å². The molecule has 120 valence electrons. The van der Waals surface area contributed by atoms with Crippen molar-refractivity contribution in [2.45, 2.75) is 19.8 Å². The average Bonchev–Trinajstić information content (AvgIpc) is 3.18. The van der Waals surface area contributed by atoms with Crippen molar-refractivity contribution in [3.8, 4) is 0 Å². The second kappa shape index (κ2) is 5.39. The second-order valence-corrected chi connectivity index (χ2v) is 6.20. The van der Waals surface area contributed by atoms with Crippen LogP contribution in [-0.2, 0) is 0 Å². The van der Waals surface area contributed by atoms with Gasteiger partial charge in [-0.3, -0.25) is 29.9 Å². The molecule has 4 N–H and O–H groups in total. The summed E-state index contributed by atoms with van der Waals surface area (Å²) in [5, 5.41) is 21.3. The van der Waals surface area contributed by atoms with Gasteiger partial charge in [-0.2, -0.15) is 0 Å². The van der Waals surface area contributed by atoms with Gasteiger partial charge in [-0.1, -0.05) is 11.3 Å². The number of aromatic amines is 4. The van der Waals surface area contributed by atoms with Crippen LogP contribution < -0.4 is 11.1 Å². The predicted octanol–water partition coefficient (Wildman–Crippen LogP) is 1.49. The lowest BCUT2D eigenvalue weighted by Gasteiger charge is -2.12. The fourth-order valence-electron chi connectivity index (χ4n) is 2.63.